The Labute approximate surface area is 124 Å². The highest BCUT2D eigenvalue weighted by atomic mass is 32.2. The number of sulfonamides is 1. The second-order valence-electron chi connectivity index (χ2n) is 4.45. The van der Waals surface area contributed by atoms with E-state index in [-0.39, 0.29) is 16.2 Å². The third-order valence-electron chi connectivity index (χ3n) is 2.90. The Morgan fingerprint density at radius 3 is 2.48 bits per heavy atom. The van der Waals surface area contributed by atoms with Crippen LogP contribution in [0.25, 0.3) is 5.41 Å². The Morgan fingerprint density at radius 2 is 1.86 bits per heavy atom. The summed E-state index contributed by atoms with van der Waals surface area (Å²) in [6, 6.07) is 6.59. The van der Waals surface area contributed by atoms with E-state index in [0.29, 0.717) is 0 Å². The highest BCUT2D eigenvalue weighted by Gasteiger charge is 2.15. The minimum absolute atomic E-state index is 0.120. The first-order chi connectivity index (χ1) is 10.1. The fourth-order valence-corrected chi connectivity index (χ4v) is 2.87. The molecule has 1 aromatic carbocycles. The average Bonchev–Trinajstić information content (AvgIpc) is 2.48. The van der Waals surface area contributed by atoms with Gasteiger partial charge in [-0.3, -0.25) is 5.87 Å². The molecule has 0 spiro atoms. The summed E-state index contributed by atoms with van der Waals surface area (Å²) in [6.07, 6.45) is 6.36. The van der Waals surface area contributed by atoms with Gasteiger partial charge in [-0.05, 0) is 24.3 Å². The Kier molecular flexibility index (Phi) is 4.65. The molecule has 6 heteroatoms. The molecule has 2 rings (SSSR count). The molecule has 0 aliphatic heterocycles. The molecule has 2 N–H and O–H groups in total. The van der Waals surface area contributed by atoms with Crippen LogP contribution in [0, 0.1) is 0 Å². The van der Waals surface area contributed by atoms with E-state index in [4.69, 9.17) is 5.41 Å². The lowest BCUT2D eigenvalue weighted by Gasteiger charge is -2.06. The lowest BCUT2D eigenvalue weighted by molar-refractivity contribution is -0.643. The predicted octanol–water partition coefficient (Wildman–Crippen LogP) is 0.801. The fraction of sp³-hybridized carbons (Fsp3) is 0.133. The summed E-state index contributed by atoms with van der Waals surface area (Å²) in [6.45, 7) is 0.786. The molecule has 0 fully saturated rings. The summed E-state index contributed by atoms with van der Waals surface area (Å²) in [5, 5.41) is 11.0. The quantitative estimate of drug-likeness (QED) is 0.834. The largest absolute Gasteiger partial charge is 0.763 e. The van der Waals surface area contributed by atoms with Crippen LogP contribution in [0.2, 0.25) is 0 Å². The zero-order valence-corrected chi connectivity index (χ0v) is 12.3. The zero-order chi connectivity index (χ0) is 15.3. The van der Waals surface area contributed by atoms with Crippen molar-refractivity contribution in [2.45, 2.75) is 11.4 Å². The molecule has 0 atom stereocenters. The Balaban J connectivity index is 2.36. The Morgan fingerprint density at radius 1 is 1.19 bits per heavy atom. The van der Waals surface area contributed by atoms with Crippen molar-refractivity contribution in [3.05, 3.63) is 65.1 Å². The summed E-state index contributed by atoms with van der Waals surface area (Å²) in [5.74, 6) is 1.93. The van der Waals surface area contributed by atoms with E-state index in [2.05, 4.69) is 4.40 Å². The van der Waals surface area contributed by atoms with Gasteiger partial charge < -0.3 is 10.7 Å². The molecule has 0 bridgehead atoms. The van der Waals surface area contributed by atoms with Gasteiger partial charge in [0.15, 0.2) is 0 Å². The lowest BCUT2D eigenvalue weighted by atomic mass is 10.1. The molecule has 0 saturated heterocycles. The smallest absolute Gasteiger partial charge is 0.282 e. The van der Waals surface area contributed by atoms with E-state index in [1.165, 1.54) is 24.3 Å². The standard InChI is InChI=1S/C15H14N3O2S/c1-17-11-12-6-8-14(9-7-12)21(19,20)18-15-5-3-2-4-13(15)10-16/h2-9,17H,11H2,1H3/q-1/p+1/b18-15-. The maximum absolute atomic E-state index is 12.3. The molecular formula is C15H15N3O2S. The Bertz CT molecular complexity index is 766. The molecule has 0 unspecified atom stereocenters. The molecule has 21 heavy (non-hydrogen) atoms. The molecule has 108 valence electrons. The minimum Gasteiger partial charge on any atom is -0.763 e. The molecule has 0 saturated carbocycles. The maximum atomic E-state index is 12.3. The number of benzene rings is 1. The number of quaternary nitrogens is 1. The van der Waals surface area contributed by atoms with Crippen molar-refractivity contribution in [3.63, 3.8) is 0 Å². The van der Waals surface area contributed by atoms with Crippen LogP contribution in [-0.4, -0.2) is 27.0 Å². The van der Waals surface area contributed by atoms with E-state index in [9.17, 15) is 8.42 Å². The van der Waals surface area contributed by atoms with E-state index in [0.717, 1.165) is 12.1 Å². The molecule has 0 aromatic heterocycles. The number of rotatable bonds is 4. The van der Waals surface area contributed by atoms with Gasteiger partial charge in [-0.1, -0.05) is 24.3 Å². The molecule has 0 amide bonds. The van der Waals surface area contributed by atoms with Gasteiger partial charge in [0, 0.05) is 11.1 Å². The SMILES string of the molecule is C[NH2+]Cc1ccc(S(=O)(=O)/N=C2/C=CC=CC2=C=[N-])cc1. The highest BCUT2D eigenvalue weighted by Crippen LogP contribution is 2.16. The van der Waals surface area contributed by atoms with Crippen molar-refractivity contribution in [1.82, 2.24) is 0 Å². The number of nitrogens with two attached hydrogens (primary N) is 1. The summed E-state index contributed by atoms with van der Waals surface area (Å²) in [7, 11) is -1.87. The van der Waals surface area contributed by atoms with Crippen LogP contribution in [0.15, 0.2) is 63.4 Å². The van der Waals surface area contributed by atoms with Gasteiger partial charge in [-0.25, -0.2) is 0 Å². The van der Waals surface area contributed by atoms with Crippen LogP contribution in [0.3, 0.4) is 0 Å². The lowest BCUT2D eigenvalue weighted by Crippen LogP contribution is -2.77. The summed E-state index contributed by atoms with van der Waals surface area (Å²) in [4.78, 5) is 0.120. The van der Waals surface area contributed by atoms with Crippen LogP contribution < -0.4 is 5.32 Å². The number of allylic oxidation sites excluding steroid dienone is 5. The minimum atomic E-state index is -3.81. The van der Waals surface area contributed by atoms with E-state index in [1.807, 2.05) is 18.2 Å². The topological polar surface area (TPSA) is 85.4 Å². The third kappa shape index (κ3) is 3.64. The molecule has 0 heterocycles. The van der Waals surface area contributed by atoms with E-state index >= 15 is 0 Å². The summed E-state index contributed by atoms with van der Waals surface area (Å²) < 4.78 is 28.3. The van der Waals surface area contributed by atoms with Crippen molar-refractivity contribution in [2.75, 3.05) is 7.05 Å². The first-order valence-corrected chi connectivity index (χ1v) is 7.85. The first-order valence-electron chi connectivity index (χ1n) is 6.41. The molecule has 1 aliphatic carbocycles. The highest BCUT2D eigenvalue weighted by molar-refractivity contribution is 7.90. The number of hydrogen-bond donors (Lipinski definition) is 1. The van der Waals surface area contributed by atoms with Crippen LogP contribution in [0.4, 0.5) is 0 Å². The van der Waals surface area contributed by atoms with Crippen molar-refractivity contribution in [3.8, 4) is 0 Å². The third-order valence-corrected chi connectivity index (χ3v) is 4.21. The zero-order valence-electron chi connectivity index (χ0n) is 11.5. The normalized spacial score (nSPS) is 16.2. The van der Waals surface area contributed by atoms with Gasteiger partial charge in [0.25, 0.3) is 10.0 Å². The van der Waals surface area contributed by atoms with Crippen LogP contribution in [0.1, 0.15) is 5.56 Å². The monoisotopic (exact) mass is 301 g/mol. The van der Waals surface area contributed by atoms with E-state index < -0.39 is 10.0 Å². The van der Waals surface area contributed by atoms with Gasteiger partial charge in [0.2, 0.25) is 0 Å². The van der Waals surface area contributed by atoms with Crippen molar-refractivity contribution in [2.24, 2.45) is 4.40 Å². The summed E-state index contributed by atoms with van der Waals surface area (Å²) in [5.41, 5.74) is 1.43. The van der Waals surface area contributed by atoms with Crippen LogP contribution >= 0.6 is 0 Å². The maximum Gasteiger partial charge on any atom is 0.282 e. The van der Waals surface area contributed by atoms with Crippen LogP contribution in [0.5, 0.6) is 0 Å². The second-order valence-corrected chi connectivity index (χ2v) is 6.06. The van der Waals surface area contributed by atoms with Gasteiger partial charge in [0.05, 0.1) is 17.7 Å². The van der Waals surface area contributed by atoms with Gasteiger partial charge in [-0.15, -0.1) is 0 Å². The predicted molar refractivity (Wildman–Crippen MR) is 82.8 cm³/mol. The van der Waals surface area contributed by atoms with Crippen molar-refractivity contribution in [1.29, 1.82) is 0 Å². The van der Waals surface area contributed by atoms with Gasteiger partial charge in [0.1, 0.15) is 6.54 Å². The van der Waals surface area contributed by atoms with Crippen LogP contribution in [-0.2, 0) is 16.6 Å². The van der Waals surface area contributed by atoms with E-state index in [1.54, 1.807) is 24.3 Å². The Hall–Kier alpha value is -2.27. The first kappa shape index (κ1) is 15.1. The molecule has 0 radical (unpaired) electrons. The molecule has 1 aromatic rings. The second kappa shape index (κ2) is 6.45. The number of hydrogen-bond acceptors (Lipinski definition) is 2. The molecule has 5 nitrogen and oxygen atoms in total. The average molecular weight is 301 g/mol. The fourth-order valence-electron chi connectivity index (χ4n) is 1.86. The molecule has 1 aliphatic rings. The van der Waals surface area contributed by atoms with Gasteiger partial charge in [-0.2, -0.15) is 12.8 Å². The number of nitrogens with zero attached hydrogens (tertiary/aromatic N) is 2. The van der Waals surface area contributed by atoms with Crippen molar-refractivity contribution < 1.29 is 13.7 Å². The summed E-state index contributed by atoms with van der Waals surface area (Å²) >= 11 is 0. The molecular weight excluding hydrogens is 286 g/mol. The van der Waals surface area contributed by atoms with Gasteiger partial charge >= 0.3 is 0 Å². The van der Waals surface area contributed by atoms with Crippen molar-refractivity contribution >= 4 is 21.6 Å².